The Bertz CT molecular complexity index is 2350. The SMILES string of the molecule is Cc1nnc(C(C)C)n1CCN1CCN(C(=O)N[C@@]23CC[C@]4(C)[C@H](CC[C@@H]5[C@@]6(C)CC[C@H](OC(=O)[C@H]7C[C@@H](C(=O)OCc8ccccc8)C7(C)C)C(C)(C)[C@@H]6CC[C@]54C)C2=C(C(C)C)C(=O)C3)CC1. The number of urea groups is 1. The van der Waals surface area contributed by atoms with Crippen LogP contribution in [0.25, 0.3) is 0 Å². The lowest BCUT2D eigenvalue weighted by Gasteiger charge is -2.72. The molecule has 0 unspecified atom stereocenters. The van der Waals surface area contributed by atoms with Gasteiger partial charge in [-0.05, 0) is 127 Å². The highest BCUT2D eigenvalue weighted by atomic mass is 16.5. The third-order valence-corrected chi connectivity index (χ3v) is 20.8. The number of hydrogen-bond donors (Lipinski definition) is 1. The van der Waals surface area contributed by atoms with Crippen molar-refractivity contribution in [2.75, 3.05) is 32.7 Å². The number of rotatable bonds is 11. The lowest BCUT2D eigenvalue weighted by atomic mass is 9.33. The molecule has 12 heteroatoms. The molecule has 1 N–H and O–H groups in total. The van der Waals surface area contributed by atoms with Crippen LogP contribution in [0.4, 0.5) is 4.79 Å². The van der Waals surface area contributed by atoms with Gasteiger partial charge in [0.2, 0.25) is 0 Å². The van der Waals surface area contributed by atoms with Crippen LogP contribution in [-0.2, 0) is 37.0 Å². The fourth-order valence-corrected chi connectivity index (χ4v) is 16.5. The predicted octanol–water partition coefficient (Wildman–Crippen LogP) is 10.1. The van der Waals surface area contributed by atoms with E-state index >= 15 is 0 Å². The van der Waals surface area contributed by atoms with Crippen LogP contribution in [0.2, 0.25) is 0 Å². The Labute approximate surface area is 412 Å². The molecule has 9 rings (SSSR count). The molecule has 69 heavy (non-hydrogen) atoms. The van der Waals surface area contributed by atoms with E-state index in [1.807, 2.05) is 56.0 Å². The lowest BCUT2D eigenvalue weighted by molar-refractivity contribution is -0.235. The zero-order chi connectivity index (χ0) is 49.6. The van der Waals surface area contributed by atoms with E-state index in [9.17, 15) is 19.2 Å². The van der Waals surface area contributed by atoms with Crippen molar-refractivity contribution in [2.24, 2.45) is 62.6 Å². The molecule has 10 atom stereocenters. The number of ketones is 1. The summed E-state index contributed by atoms with van der Waals surface area (Å²) in [6, 6.07) is 9.70. The predicted molar refractivity (Wildman–Crippen MR) is 267 cm³/mol. The van der Waals surface area contributed by atoms with Gasteiger partial charge in [0.25, 0.3) is 0 Å². The van der Waals surface area contributed by atoms with Crippen molar-refractivity contribution >= 4 is 23.8 Å². The van der Waals surface area contributed by atoms with Gasteiger partial charge in [0, 0.05) is 57.0 Å². The van der Waals surface area contributed by atoms with Crippen LogP contribution in [0, 0.1) is 69.5 Å². The molecule has 0 spiro atoms. The quantitative estimate of drug-likeness (QED) is 0.218. The maximum Gasteiger partial charge on any atom is 0.318 e. The van der Waals surface area contributed by atoms with Gasteiger partial charge in [-0.3, -0.25) is 19.3 Å². The molecular weight excluding hydrogens is 865 g/mol. The van der Waals surface area contributed by atoms with E-state index in [0.717, 1.165) is 100 Å². The van der Waals surface area contributed by atoms with Gasteiger partial charge in [0.1, 0.15) is 24.4 Å². The Kier molecular flexibility index (Phi) is 12.9. The number of benzene rings is 1. The molecule has 6 fully saturated rings. The highest BCUT2D eigenvalue weighted by Crippen LogP contribution is 2.76. The van der Waals surface area contributed by atoms with Gasteiger partial charge in [-0.15, -0.1) is 10.2 Å². The molecular formula is C57H84N6O6. The molecule has 2 aromatic rings. The molecule has 2 heterocycles. The number of fused-ring (bicyclic) bond motifs is 7. The second kappa shape index (κ2) is 17.9. The third kappa shape index (κ3) is 8.11. The highest BCUT2D eigenvalue weighted by Gasteiger charge is 2.71. The number of nitrogens with zero attached hydrogens (tertiary/aromatic N) is 5. The number of aryl methyl sites for hydroxylation is 1. The van der Waals surface area contributed by atoms with Gasteiger partial charge < -0.3 is 24.3 Å². The number of carbonyl (C=O) groups excluding carboxylic acids is 4. The van der Waals surface area contributed by atoms with Gasteiger partial charge in [-0.2, -0.15) is 0 Å². The molecule has 1 aromatic carbocycles. The van der Waals surface area contributed by atoms with Crippen LogP contribution in [0.15, 0.2) is 41.5 Å². The van der Waals surface area contributed by atoms with Gasteiger partial charge >= 0.3 is 18.0 Å². The summed E-state index contributed by atoms with van der Waals surface area (Å²) in [4.78, 5) is 60.6. The average molecular weight is 949 g/mol. The zero-order valence-corrected chi connectivity index (χ0v) is 44.2. The molecule has 378 valence electrons. The van der Waals surface area contributed by atoms with E-state index in [0.29, 0.717) is 43.7 Å². The summed E-state index contributed by atoms with van der Waals surface area (Å²) in [5.41, 5.74) is 1.86. The molecule has 2 amide bonds. The summed E-state index contributed by atoms with van der Waals surface area (Å²) in [6.45, 7) is 32.0. The minimum Gasteiger partial charge on any atom is -0.462 e. The Hall–Kier alpha value is -4.06. The molecule has 6 aliphatic carbocycles. The second-order valence-electron chi connectivity index (χ2n) is 25.5. The number of ether oxygens (including phenoxy) is 2. The van der Waals surface area contributed by atoms with Crippen LogP contribution < -0.4 is 5.32 Å². The number of nitrogens with one attached hydrogen (secondary N) is 1. The molecule has 0 bridgehead atoms. The summed E-state index contributed by atoms with van der Waals surface area (Å²) >= 11 is 0. The lowest BCUT2D eigenvalue weighted by Crippen LogP contribution is -2.68. The highest BCUT2D eigenvalue weighted by molar-refractivity contribution is 6.02. The summed E-state index contributed by atoms with van der Waals surface area (Å²) in [5.74, 6) is 2.59. The fourth-order valence-electron chi connectivity index (χ4n) is 16.5. The zero-order valence-electron chi connectivity index (χ0n) is 44.2. The minimum absolute atomic E-state index is 0.0278. The van der Waals surface area contributed by atoms with E-state index < -0.39 is 11.0 Å². The van der Waals surface area contributed by atoms with Gasteiger partial charge in [0.05, 0.1) is 17.4 Å². The summed E-state index contributed by atoms with van der Waals surface area (Å²) in [5, 5.41) is 12.4. The smallest absolute Gasteiger partial charge is 0.318 e. The standard InChI is InChI=1S/C57H84N6O6/c1-35(2)46-42(64)33-57(58-51(67)62-29-26-61(27-30-62)28-31-63-37(5)59-60-48(63)36(3)4)25-24-55(11)39(47(46)57)18-19-44-54(10)22-21-45(53(8,9)43(54)20-23-56(44,55)12)69-50(66)41-32-40(52(41,6)7)49(65)68-34-38-16-14-13-15-17-38/h13-17,35-36,39-41,43-45H,18-34H2,1-12H3,(H,58,67)/t39-,40+,41-,43+,44-,45+,54+,55-,56-,57-/m1/s1. The molecule has 0 radical (unpaired) electrons. The van der Waals surface area contributed by atoms with Crippen LogP contribution in [0.3, 0.4) is 0 Å². The number of allylic oxidation sites excluding steroid dienone is 1. The van der Waals surface area contributed by atoms with Crippen molar-refractivity contribution in [3.63, 3.8) is 0 Å². The number of esters is 2. The monoisotopic (exact) mass is 949 g/mol. The van der Waals surface area contributed by atoms with Crippen molar-refractivity contribution in [3.8, 4) is 0 Å². The van der Waals surface area contributed by atoms with E-state index in [1.165, 1.54) is 5.57 Å². The van der Waals surface area contributed by atoms with Crippen LogP contribution in [0.1, 0.15) is 163 Å². The van der Waals surface area contributed by atoms with Crippen molar-refractivity contribution in [3.05, 3.63) is 58.7 Å². The maximum atomic E-state index is 14.5. The summed E-state index contributed by atoms with van der Waals surface area (Å²) in [7, 11) is 0. The number of aromatic nitrogens is 3. The van der Waals surface area contributed by atoms with Crippen molar-refractivity contribution in [2.45, 2.75) is 178 Å². The molecule has 5 saturated carbocycles. The number of Topliss-reactive ketones (excluding diaryl/α,β-unsaturated/α-hetero) is 1. The van der Waals surface area contributed by atoms with Crippen molar-refractivity contribution in [1.29, 1.82) is 0 Å². The van der Waals surface area contributed by atoms with E-state index in [1.54, 1.807) is 0 Å². The average Bonchev–Trinajstić information content (AvgIpc) is 3.82. The molecule has 1 saturated heterocycles. The minimum atomic E-state index is -0.639. The summed E-state index contributed by atoms with van der Waals surface area (Å²) < 4.78 is 14.6. The molecule has 12 nitrogen and oxygen atoms in total. The first-order chi connectivity index (χ1) is 32.5. The second-order valence-corrected chi connectivity index (χ2v) is 25.5. The molecule has 1 aliphatic heterocycles. The van der Waals surface area contributed by atoms with Gasteiger partial charge in [-0.25, -0.2) is 4.79 Å². The van der Waals surface area contributed by atoms with Crippen LogP contribution in [0.5, 0.6) is 0 Å². The maximum absolute atomic E-state index is 14.5. The van der Waals surface area contributed by atoms with Gasteiger partial charge in [0.15, 0.2) is 5.78 Å². The summed E-state index contributed by atoms with van der Waals surface area (Å²) in [6.07, 6.45) is 8.51. The first-order valence-corrected chi connectivity index (χ1v) is 26.9. The van der Waals surface area contributed by atoms with Crippen molar-refractivity contribution < 1.29 is 28.7 Å². The Morgan fingerprint density at radius 3 is 2.12 bits per heavy atom. The number of hydrogen-bond acceptors (Lipinski definition) is 9. The molecule has 1 aromatic heterocycles. The topological polar surface area (TPSA) is 136 Å². The first-order valence-electron chi connectivity index (χ1n) is 26.9. The number of carbonyl (C=O) groups is 4. The Morgan fingerprint density at radius 1 is 0.754 bits per heavy atom. The van der Waals surface area contributed by atoms with E-state index in [-0.39, 0.29) is 81.8 Å². The first kappa shape index (κ1) is 49.9. The molecule has 7 aliphatic rings. The normalized spacial score (nSPS) is 36.0. The van der Waals surface area contributed by atoms with Crippen LogP contribution >= 0.6 is 0 Å². The fraction of sp³-hybridized carbons (Fsp3) is 0.754. The third-order valence-electron chi connectivity index (χ3n) is 20.8. The van der Waals surface area contributed by atoms with E-state index in [4.69, 9.17) is 9.47 Å². The van der Waals surface area contributed by atoms with Crippen molar-refractivity contribution in [1.82, 2.24) is 29.9 Å². The number of piperazine rings is 1. The number of amides is 2. The van der Waals surface area contributed by atoms with Crippen LogP contribution in [-0.4, -0.2) is 92.7 Å². The van der Waals surface area contributed by atoms with E-state index in [2.05, 4.69) is 87.3 Å². The Balaban J connectivity index is 0.862. The van der Waals surface area contributed by atoms with Gasteiger partial charge in [-0.1, -0.05) is 106 Å². The Morgan fingerprint density at radius 2 is 1.45 bits per heavy atom. The largest absolute Gasteiger partial charge is 0.462 e.